The van der Waals surface area contributed by atoms with Crippen molar-refractivity contribution in [3.05, 3.63) is 95.9 Å². The molecule has 0 spiro atoms. The first-order valence-corrected chi connectivity index (χ1v) is 12.4. The molecule has 1 saturated carbocycles. The van der Waals surface area contributed by atoms with Crippen molar-refractivity contribution in [1.82, 2.24) is 9.78 Å². The van der Waals surface area contributed by atoms with Crippen LogP contribution in [0.5, 0.6) is 0 Å². The van der Waals surface area contributed by atoms with Crippen LogP contribution in [0.3, 0.4) is 0 Å². The number of halogens is 1. The summed E-state index contributed by atoms with van der Waals surface area (Å²) in [5.74, 6) is -0.0293. The van der Waals surface area contributed by atoms with Crippen molar-refractivity contribution in [1.29, 1.82) is 0 Å². The van der Waals surface area contributed by atoms with E-state index < -0.39 is 17.6 Å². The summed E-state index contributed by atoms with van der Waals surface area (Å²) in [7, 11) is 3.17. The predicted octanol–water partition coefficient (Wildman–Crippen LogP) is 6.41. The highest BCUT2D eigenvalue weighted by atomic mass is 19.1. The van der Waals surface area contributed by atoms with E-state index in [1.807, 2.05) is 48.5 Å². The molecule has 38 heavy (non-hydrogen) atoms. The number of aryl methyl sites for hydroxylation is 1. The smallest absolute Gasteiger partial charge is 0.413 e. The van der Waals surface area contributed by atoms with E-state index in [2.05, 4.69) is 10.4 Å². The summed E-state index contributed by atoms with van der Waals surface area (Å²) in [5, 5.41) is 7.08. The molecule has 1 aromatic heterocycles. The Morgan fingerprint density at radius 2 is 1.53 bits per heavy atom. The fraction of sp³-hybridized carbons (Fsp3) is 0.233. The van der Waals surface area contributed by atoms with Gasteiger partial charge in [0.25, 0.3) is 0 Å². The first-order chi connectivity index (χ1) is 18.3. The number of esters is 1. The molecule has 0 aliphatic heterocycles. The normalized spacial score (nSPS) is 14.4. The molecule has 1 fully saturated rings. The number of hydrogen-bond donors (Lipinski definition) is 1. The largest absolute Gasteiger partial charge is 0.468 e. The van der Waals surface area contributed by atoms with E-state index in [9.17, 15) is 14.0 Å². The molecule has 1 atom stereocenters. The summed E-state index contributed by atoms with van der Waals surface area (Å²) in [6.45, 7) is 1.72. The molecule has 5 rings (SSSR count). The Bertz CT molecular complexity index is 1460. The predicted molar refractivity (Wildman–Crippen MR) is 142 cm³/mol. The number of benzene rings is 3. The highest BCUT2D eigenvalue weighted by molar-refractivity contribution is 5.90. The number of nitrogens with zero attached hydrogens (tertiary/aromatic N) is 2. The topological polar surface area (TPSA) is 82.5 Å². The highest BCUT2D eigenvalue weighted by Crippen LogP contribution is 2.49. The quantitative estimate of drug-likeness (QED) is 0.289. The molecule has 0 saturated heterocycles. The molecule has 7 nitrogen and oxygen atoms in total. The maximum absolute atomic E-state index is 13.2. The molecule has 3 aromatic carbocycles. The zero-order valence-electron chi connectivity index (χ0n) is 21.4. The Balaban J connectivity index is 1.29. The van der Waals surface area contributed by atoms with Crippen molar-refractivity contribution in [2.45, 2.75) is 31.3 Å². The molecule has 4 aromatic rings. The molecule has 0 radical (unpaired) electrons. The molecule has 0 bridgehead atoms. The molecule has 1 heterocycles. The van der Waals surface area contributed by atoms with Crippen LogP contribution in [-0.2, 0) is 26.7 Å². The van der Waals surface area contributed by atoms with Gasteiger partial charge in [0.05, 0.1) is 18.7 Å². The molecular formula is C30H28FN3O4. The van der Waals surface area contributed by atoms with Crippen LogP contribution < -0.4 is 5.32 Å². The summed E-state index contributed by atoms with van der Waals surface area (Å²) in [6.07, 6.45) is 2.12. The van der Waals surface area contributed by atoms with Crippen molar-refractivity contribution in [2.75, 3.05) is 12.4 Å². The molecule has 1 amide bonds. The standard InChI is InChI=1S/C30H28FN3O4/c1-19(20-10-14-25(31)15-11-20)38-29(36)33-27-26(18-32-34(27)2)23-6-4-21(5-7-23)22-8-12-24(13-9-22)30(16-17-30)28(35)37-3/h4-15,18-19H,16-17H2,1-3H3,(H,33,36). The van der Waals surface area contributed by atoms with E-state index in [-0.39, 0.29) is 11.8 Å². The van der Waals surface area contributed by atoms with Crippen LogP contribution in [0.15, 0.2) is 79.0 Å². The number of anilines is 1. The summed E-state index contributed by atoms with van der Waals surface area (Å²) in [5.41, 5.74) is 4.86. The van der Waals surface area contributed by atoms with Crippen molar-refractivity contribution >= 4 is 17.9 Å². The van der Waals surface area contributed by atoms with Gasteiger partial charge in [-0.3, -0.25) is 14.8 Å². The second kappa shape index (κ2) is 10.1. The van der Waals surface area contributed by atoms with Crippen LogP contribution in [0.2, 0.25) is 0 Å². The minimum Gasteiger partial charge on any atom is -0.468 e. The number of ether oxygens (including phenoxy) is 2. The van der Waals surface area contributed by atoms with Crippen LogP contribution in [0, 0.1) is 5.82 Å². The van der Waals surface area contributed by atoms with Gasteiger partial charge in [-0.15, -0.1) is 0 Å². The Labute approximate surface area is 220 Å². The SMILES string of the molecule is COC(=O)C1(c2ccc(-c3ccc(-c4cnn(C)c4NC(=O)OC(C)c4ccc(F)cc4)cc3)cc2)CC1. The maximum atomic E-state index is 13.2. The maximum Gasteiger partial charge on any atom is 0.413 e. The lowest BCUT2D eigenvalue weighted by Gasteiger charge is -2.15. The molecular weight excluding hydrogens is 485 g/mol. The number of carbonyl (C=O) groups is 2. The average molecular weight is 514 g/mol. The van der Waals surface area contributed by atoms with Crippen molar-refractivity contribution in [3.63, 3.8) is 0 Å². The first kappa shape index (κ1) is 25.2. The van der Waals surface area contributed by atoms with Crippen LogP contribution in [-0.4, -0.2) is 29.0 Å². The van der Waals surface area contributed by atoms with Crippen LogP contribution >= 0.6 is 0 Å². The minimum atomic E-state index is -0.635. The van der Waals surface area contributed by atoms with Crippen molar-refractivity contribution < 1.29 is 23.5 Å². The Morgan fingerprint density at radius 3 is 2.11 bits per heavy atom. The molecule has 1 N–H and O–H groups in total. The first-order valence-electron chi connectivity index (χ1n) is 12.4. The summed E-state index contributed by atoms with van der Waals surface area (Å²) >= 11 is 0. The lowest BCUT2D eigenvalue weighted by atomic mass is 9.93. The zero-order valence-corrected chi connectivity index (χ0v) is 21.4. The van der Waals surface area contributed by atoms with Crippen LogP contribution in [0.4, 0.5) is 15.0 Å². The zero-order chi connectivity index (χ0) is 26.9. The Hall–Kier alpha value is -4.46. The monoisotopic (exact) mass is 513 g/mol. The molecule has 1 unspecified atom stereocenters. The number of carbonyl (C=O) groups excluding carboxylic acids is 2. The third-order valence-corrected chi connectivity index (χ3v) is 7.08. The van der Waals surface area contributed by atoms with E-state index in [4.69, 9.17) is 9.47 Å². The summed E-state index contributed by atoms with van der Waals surface area (Å²) < 4.78 is 25.2. The van der Waals surface area contributed by atoms with E-state index in [0.717, 1.165) is 40.7 Å². The van der Waals surface area contributed by atoms with Gasteiger partial charge in [-0.25, -0.2) is 9.18 Å². The number of aromatic nitrogens is 2. The van der Waals surface area contributed by atoms with Gasteiger partial charge in [0.15, 0.2) is 0 Å². The van der Waals surface area contributed by atoms with Gasteiger partial charge in [-0.1, -0.05) is 60.7 Å². The fourth-order valence-electron chi connectivity index (χ4n) is 4.64. The second-order valence-corrected chi connectivity index (χ2v) is 9.48. The van der Waals surface area contributed by atoms with Gasteiger partial charge in [0.2, 0.25) is 0 Å². The van der Waals surface area contributed by atoms with Gasteiger partial charge in [0, 0.05) is 12.6 Å². The number of methoxy groups -OCH3 is 1. The third-order valence-electron chi connectivity index (χ3n) is 7.08. The van der Waals surface area contributed by atoms with E-state index in [0.29, 0.717) is 11.4 Å². The molecule has 1 aliphatic carbocycles. The van der Waals surface area contributed by atoms with Gasteiger partial charge in [-0.2, -0.15) is 5.10 Å². The minimum absolute atomic E-state index is 0.177. The number of nitrogens with one attached hydrogen (secondary N) is 1. The molecule has 8 heteroatoms. The Kier molecular flexibility index (Phi) is 6.72. The van der Waals surface area contributed by atoms with Crippen molar-refractivity contribution in [3.8, 4) is 22.3 Å². The average Bonchev–Trinajstić information content (AvgIpc) is 3.67. The van der Waals surface area contributed by atoms with Gasteiger partial charge in [-0.05, 0) is 59.7 Å². The molecule has 194 valence electrons. The van der Waals surface area contributed by atoms with E-state index >= 15 is 0 Å². The number of amides is 1. The van der Waals surface area contributed by atoms with E-state index in [1.165, 1.54) is 19.2 Å². The second-order valence-electron chi connectivity index (χ2n) is 9.48. The lowest BCUT2D eigenvalue weighted by Crippen LogP contribution is -2.21. The lowest BCUT2D eigenvalue weighted by molar-refractivity contribution is -0.143. The van der Waals surface area contributed by atoms with Gasteiger partial charge in [0.1, 0.15) is 17.7 Å². The van der Waals surface area contributed by atoms with Crippen LogP contribution in [0.1, 0.15) is 37.0 Å². The number of hydrogen-bond acceptors (Lipinski definition) is 5. The number of rotatable bonds is 7. The van der Waals surface area contributed by atoms with Gasteiger partial charge >= 0.3 is 12.1 Å². The summed E-state index contributed by atoms with van der Waals surface area (Å²) in [6, 6.07) is 21.8. The molecule has 1 aliphatic rings. The Morgan fingerprint density at radius 1 is 0.947 bits per heavy atom. The van der Waals surface area contributed by atoms with E-state index in [1.54, 1.807) is 37.0 Å². The van der Waals surface area contributed by atoms with Crippen molar-refractivity contribution in [2.24, 2.45) is 7.05 Å². The van der Waals surface area contributed by atoms with Gasteiger partial charge < -0.3 is 9.47 Å². The summed E-state index contributed by atoms with van der Waals surface area (Å²) in [4.78, 5) is 24.8. The third kappa shape index (κ3) is 4.89. The fourth-order valence-corrected chi connectivity index (χ4v) is 4.64. The highest BCUT2D eigenvalue weighted by Gasteiger charge is 2.52. The van der Waals surface area contributed by atoms with Crippen LogP contribution in [0.25, 0.3) is 22.3 Å².